The summed E-state index contributed by atoms with van der Waals surface area (Å²) in [5, 5.41) is 4.76. The molecule has 1 aliphatic rings. The quantitative estimate of drug-likeness (QED) is 0.142. The molecule has 1 unspecified atom stereocenters. The van der Waals surface area contributed by atoms with Crippen molar-refractivity contribution >= 4 is 58.0 Å². The Morgan fingerprint density at radius 3 is 1.85 bits per heavy atom. The molecular weight excluding hydrogens is 712 g/mol. The number of esters is 6. The van der Waals surface area contributed by atoms with Gasteiger partial charge in [-0.15, -0.1) is 0 Å². The van der Waals surface area contributed by atoms with Crippen molar-refractivity contribution in [2.24, 2.45) is 0 Å². The third-order valence-electron chi connectivity index (χ3n) is 7.79. The molecule has 2 aromatic carbocycles. The van der Waals surface area contributed by atoms with Crippen LogP contribution in [-0.4, -0.2) is 106 Å². The smallest absolute Gasteiger partial charge is 0.303 e. The molecule has 54 heavy (non-hydrogen) atoms. The van der Waals surface area contributed by atoms with Gasteiger partial charge >= 0.3 is 35.8 Å². The Morgan fingerprint density at radius 2 is 1.26 bits per heavy atom. The second-order valence-corrected chi connectivity index (χ2v) is 12.1. The Hall–Kier alpha value is -6.01. The van der Waals surface area contributed by atoms with Gasteiger partial charge in [0.1, 0.15) is 23.9 Å². The summed E-state index contributed by atoms with van der Waals surface area (Å²) in [5.41, 5.74) is 2.22. The zero-order valence-corrected chi connectivity index (χ0v) is 30.2. The largest absolute Gasteiger partial charge is 0.463 e. The van der Waals surface area contributed by atoms with Crippen molar-refractivity contribution in [3.05, 3.63) is 60.3 Å². The molecule has 0 radical (unpaired) electrons. The van der Waals surface area contributed by atoms with Crippen molar-refractivity contribution in [3.8, 4) is 5.69 Å². The molecule has 5 rings (SSSR count). The third-order valence-corrected chi connectivity index (χ3v) is 7.79. The molecule has 286 valence electrons. The summed E-state index contributed by atoms with van der Waals surface area (Å²) in [6.45, 7) is 5.53. The molecule has 0 aliphatic carbocycles. The van der Waals surface area contributed by atoms with Gasteiger partial charge in [0.05, 0.1) is 23.3 Å². The minimum Gasteiger partial charge on any atom is -0.463 e. The van der Waals surface area contributed by atoms with Gasteiger partial charge in [-0.25, -0.2) is 14.6 Å². The second-order valence-electron chi connectivity index (χ2n) is 12.1. The molecule has 0 spiro atoms. The molecule has 1 fully saturated rings. The van der Waals surface area contributed by atoms with E-state index in [2.05, 4.69) is 0 Å². The summed E-state index contributed by atoms with van der Waals surface area (Å²) >= 11 is 0. The van der Waals surface area contributed by atoms with Crippen LogP contribution in [0.1, 0.15) is 53.3 Å². The molecule has 0 bridgehead atoms. The molecule has 0 saturated carbocycles. The SMILES string of the molecule is CC(=O)OC[C@H]1O[C@H](OCC(OC(C)=O)[C@H](OC(C)=O)c2nn(-c3ccccc3)c3nc4ccccc4nc23)[C@@H](OC(C)=O)[C@@H](OC(C)=O)[C@H]1OC(C)=O. The Labute approximate surface area is 307 Å². The molecule has 1 aliphatic heterocycles. The summed E-state index contributed by atoms with van der Waals surface area (Å²) in [7, 11) is 0. The van der Waals surface area contributed by atoms with E-state index in [1.54, 1.807) is 48.5 Å². The highest BCUT2D eigenvalue weighted by atomic mass is 16.7. The lowest BCUT2D eigenvalue weighted by Crippen LogP contribution is -2.63. The fraction of sp³-hybridized carbons (Fsp3) is 0.417. The summed E-state index contributed by atoms with van der Waals surface area (Å²) in [6.07, 6.45) is -10.4. The van der Waals surface area contributed by atoms with Crippen molar-refractivity contribution in [2.45, 2.75) is 84.5 Å². The van der Waals surface area contributed by atoms with Crippen LogP contribution in [-0.2, 0) is 66.7 Å². The highest BCUT2D eigenvalue weighted by molar-refractivity contribution is 5.87. The minimum atomic E-state index is -1.64. The van der Waals surface area contributed by atoms with Crippen molar-refractivity contribution in [1.82, 2.24) is 19.7 Å². The molecular formula is C36H38N4O14. The number of para-hydroxylation sites is 3. The van der Waals surface area contributed by atoms with Crippen LogP contribution in [0.3, 0.4) is 0 Å². The number of carbonyl (C=O) groups is 6. The van der Waals surface area contributed by atoms with Crippen molar-refractivity contribution in [2.75, 3.05) is 13.2 Å². The number of hydrogen-bond donors (Lipinski definition) is 0. The standard InChI is InChI=1S/C36H38N4O14/c1-18(41)47-16-28-32(51-21(4)44)33(52-22(5)45)34(53-23(6)46)36(54-28)48-17-27(49-19(2)42)31(50-20(3)43)29-30-35(38-26-15-11-10-14-25(26)37-30)40(39-29)24-12-8-7-9-13-24/h7-15,27-28,31-34,36H,16-17H2,1-6H3/t27?,28-,31+,32+,33+,34+,36+/m1/s1. The monoisotopic (exact) mass is 750 g/mol. The first kappa shape index (κ1) is 39.2. The van der Waals surface area contributed by atoms with Gasteiger partial charge in [-0.3, -0.25) is 28.8 Å². The number of ether oxygens (including phenoxy) is 8. The molecule has 0 N–H and O–H groups in total. The first-order chi connectivity index (χ1) is 25.7. The highest BCUT2D eigenvalue weighted by Gasteiger charge is 2.53. The lowest BCUT2D eigenvalue weighted by Gasteiger charge is -2.44. The predicted octanol–water partition coefficient (Wildman–Crippen LogP) is 2.60. The molecule has 7 atom stereocenters. The number of rotatable bonds is 13. The third kappa shape index (κ3) is 9.50. The number of fused-ring (bicyclic) bond motifs is 2. The maximum atomic E-state index is 12.7. The average molecular weight is 751 g/mol. The van der Waals surface area contributed by atoms with Gasteiger partial charge in [-0.1, -0.05) is 30.3 Å². The van der Waals surface area contributed by atoms with Gasteiger partial charge in [0.2, 0.25) is 0 Å². The van der Waals surface area contributed by atoms with E-state index < -0.39 is 91.9 Å². The molecule has 18 nitrogen and oxygen atoms in total. The van der Waals surface area contributed by atoms with Crippen LogP contribution in [0.25, 0.3) is 27.9 Å². The number of carbonyl (C=O) groups excluding carboxylic acids is 6. The zero-order valence-electron chi connectivity index (χ0n) is 30.2. The molecule has 18 heteroatoms. The van der Waals surface area contributed by atoms with E-state index in [0.29, 0.717) is 22.4 Å². The Kier molecular flexibility index (Phi) is 12.5. The van der Waals surface area contributed by atoms with E-state index in [0.717, 1.165) is 41.5 Å². The van der Waals surface area contributed by atoms with Crippen molar-refractivity contribution in [3.63, 3.8) is 0 Å². The molecule has 1 saturated heterocycles. The van der Waals surface area contributed by atoms with Crippen LogP contribution in [0.4, 0.5) is 0 Å². The number of benzene rings is 2. The molecule has 2 aromatic heterocycles. The van der Waals surface area contributed by atoms with Crippen LogP contribution < -0.4 is 0 Å². The van der Waals surface area contributed by atoms with Crippen LogP contribution in [0.2, 0.25) is 0 Å². The molecule has 0 amide bonds. The predicted molar refractivity (Wildman–Crippen MR) is 182 cm³/mol. The van der Waals surface area contributed by atoms with E-state index in [9.17, 15) is 28.8 Å². The first-order valence-electron chi connectivity index (χ1n) is 16.7. The number of hydrogen-bond acceptors (Lipinski definition) is 17. The van der Waals surface area contributed by atoms with E-state index >= 15 is 0 Å². The Bertz CT molecular complexity index is 2040. The fourth-order valence-corrected chi connectivity index (χ4v) is 5.85. The van der Waals surface area contributed by atoms with Gasteiger partial charge in [0, 0.05) is 41.5 Å². The highest BCUT2D eigenvalue weighted by Crippen LogP contribution is 2.34. The maximum Gasteiger partial charge on any atom is 0.303 e. The Morgan fingerprint density at radius 1 is 0.685 bits per heavy atom. The van der Waals surface area contributed by atoms with E-state index in [1.807, 2.05) is 6.07 Å². The summed E-state index contributed by atoms with van der Waals surface area (Å²) in [5.74, 6) is -4.80. The van der Waals surface area contributed by atoms with Gasteiger partial charge in [0.25, 0.3) is 0 Å². The van der Waals surface area contributed by atoms with E-state index in [4.69, 9.17) is 53.0 Å². The first-order valence-corrected chi connectivity index (χ1v) is 16.7. The van der Waals surface area contributed by atoms with Gasteiger partial charge in [0.15, 0.2) is 42.5 Å². The van der Waals surface area contributed by atoms with E-state index in [1.165, 1.54) is 4.68 Å². The molecule has 3 heterocycles. The Balaban J connectivity index is 1.59. The van der Waals surface area contributed by atoms with Crippen LogP contribution >= 0.6 is 0 Å². The maximum absolute atomic E-state index is 12.7. The van der Waals surface area contributed by atoms with Crippen LogP contribution in [0.5, 0.6) is 0 Å². The normalized spacial score (nSPS) is 20.7. The second kappa shape index (κ2) is 17.2. The lowest BCUT2D eigenvalue weighted by atomic mass is 9.98. The van der Waals surface area contributed by atoms with Gasteiger partial charge in [-0.05, 0) is 24.3 Å². The van der Waals surface area contributed by atoms with Crippen LogP contribution in [0, 0.1) is 0 Å². The fourth-order valence-electron chi connectivity index (χ4n) is 5.85. The number of aromatic nitrogens is 4. The van der Waals surface area contributed by atoms with Gasteiger partial charge < -0.3 is 37.9 Å². The van der Waals surface area contributed by atoms with Crippen molar-refractivity contribution in [1.29, 1.82) is 0 Å². The van der Waals surface area contributed by atoms with Crippen molar-refractivity contribution < 1.29 is 66.7 Å². The summed E-state index contributed by atoms with van der Waals surface area (Å²) < 4.78 is 46.6. The molecule has 4 aromatic rings. The zero-order chi connectivity index (χ0) is 39.1. The van der Waals surface area contributed by atoms with E-state index in [-0.39, 0.29) is 11.2 Å². The topological polar surface area (TPSA) is 220 Å². The summed E-state index contributed by atoms with van der Waals surface area (Å²) in [4.78, 5) is 83.4. The summed E-state index contributed by atoms with van der Waals surface area (Å²) in [6, 6.07) is 16.1. The lowest BCUT2D eigenvalue weighted by molar-refractivity contribution is -0.312. The minimum absolute atomic E-state index is 0.0544. The van der Waals surface area contributed by atoms with Crippen LogP contribution in [0.15, 0.2) is 54.6 Å². The average Bonchev–Trinajstić information content (AvgIpc) is 3.46. The number of nitrogens with zero attached hydrogens (tertiary/aromatic N) is 4. The van der Waals surface area contributed by atoms with Gasteiger partial charge in [-0.2, -0.15) is 5.10 Å².